The maximum absolute atomic E-state index is 9.13. The summed E-state index contributed by atoms with van der Waals surface area (Å²) in [6.07, 6.45) is 21.6. The van der Waals surface area contributed by atoms with Gasteiger partial charge in [-0.15, -0.1) is 0 Å². The average molecular weight is 344 g/mol. The minimum Gasteiger partial charge on any atom is -0.367 e. The highest BCUT2D eigenvalue weighted by Crippen LogP contribution is 2.14. The molecule has 0 spiro atoms. The number of aliphatic hydroxyl groups excluding tert-OH is 1. The Hall–Kier alpha value is -0.120. The molecular formula is C21H45NO2. The summed E-state index contributed by atoms with van der Waals surface area (Å²) in [5, 5.41) is 21.2. The van der Waals surface area contributed by atoms with Gasteiger partial charge < -0.3 is 15.5 Å². The SMILES string of the molecule is CCCCCCCCCCCCCCCCCCC(NC)C(O)O. The van der Waals surface area contributed by atoms with Crippen LogP contribution in [0.2, 0.25) is 0 Å². The molecule has 0 aliphatic carbocycles. The second-order valence-electron chi connectivity index (χ2n) is 7.40. The maximum Gasteiger partial charge on any atom is 0.167 e. The van der Waals surface area contributed by atoms with E-state index in [-0.39, 0.29) is 6.04 Å². The van der Waals surface area contributed by atoms with Crippen molar-refractivity contribution in [2.24, 2.45) is 0 Å². The van der Waals surface area contributed by atoms with E-state index in [1.807, 2.05) is 0 Å². The van der Waals surface area contributed by atoms with Crippen LogP contribution in [0.1, 0.15) is 116 Å². The maximum atomic E-state index is 9.13. The molecule has 3 nitrogen and oxygen atoms in total. The van der Waals surface area contributed by atoms with Crippen molar-refractivity contribution in [3.05, 3.63) is 0 Å². The largest absolute Gasteiger partial charge is 0.367 e. The standard InChI is InChI=1S/C21H45NO2/c1-3-4-5-6-7-8-9-10-11-12-13-14-15-16-17-18-19-20(22-2)21(23)24/h20-24H,3-19H2,1-2H3. The second kappa shape index (κ2) is 19.2. The van der Waals surface area contributed by atoms with Crippen molar-refractivity contribution in [2.45, 2.75) is 128 Å². The third-order valence-electron chi connectivity index (χ3n) is 5.10. The van der Waals surface area contributed by atoms with Crippen LogP contribution >= 0.6 is 0 Å². The third kappa shape index (κ3) is 16.7. The molecule has 3 heteroatoms. The lowest BCUT2D eigenvalue weighted by Gasteiger charge is -2.17. The van der Waals surface area contributed by atoms with Gasteiger partial charge in [-0.25, -0.2) is 0 Å². The molecule has 0 aromatic rings. The van der Waals surface area contributed by atoms with Crippen molar-refractivity contribution in [3.63, 3.8) is 0 Å². The molecule has 1 atom stereocenters. The zero-order valence-electron chi connectivity index (χ0n) is 16.6. The summed E-state index contributed by atoms with van der Waals surface area (Å²) in [5.41, 5.74) is 0. The highest BCUT2D eigenvalue weighted by Gasteiger charge is 2.12. The first-order valence-corrected chi connectivity index (χ1v) is 10.8. The summed E-state index contributed by atoms with van der Waals surface area (Å²) in [6, 6.07) is -0.170. The van der Waals surface area contributed by atoms with Crippen molar-refractivity contribution in [1.29, 1.82) is 0 Å². The summed E-state index contributed by atoms with van der Waals surface area (Å²) in [4.78, 5) is 0. The molecule has 0 heterocycles. The number of likely N-dealkylation sites (N-methyl/N-ethyl adjacent to an activating group) is 1. The number of unbranched alkanes of at least 4 members (excludes halogenated alkanes) is 15. The minimum absolute atomic E-state index is 0.170. The van der Waals surface area contributed by atoms with Gasteiger partial charge in [-0.3, -0.25) is 0 Å². The van der Waals surface area contributed by atoms with E-state index >= 15 is 0 Å². The summed E-state index contributed by atoms with van der Waals surface area (Å²) in [5.74, 6) is 0. The van der Waals surface area contributed by atoms with Crippen molar-refractivity contribution in [1.82, 2.24) is 5.32 Å². The Kier molecular flexibility index (Phi) is 19.1. The van der Waals surface area contributed by atoms with Crippen molar-refractivity contribution >= 4 is 0 Å². The van der Waals surface area contributed by atoms with E-state index in [9.17, 15) is 0 Å². The van der Waals surface area contributed by atoms with Crippen LogP contribution in [0, 0.1) is 0 Å². The highest BCUT2D eigenvalue weighted by molar-refractivity contribution is 4.65. The topological polar surface area (TPSA) is 52.5 Å². The van der Waals surface area contributed by atoms with Crippen LogP contribution in [0.15, 0.2) is 0 Å². The Bertz CT molecular complexity index is 234. The molecule has 0 aromatic carbocycles. The zero-order chi connectivity index (χ0) is 17.9. The van der Waals surface area contributed by atoms with Crippen LogP contribution in [-0.4, -0.2) is 29.6 Å². The Morgan fingerprint density at radius 3 is 1.21 bits per heavy atom. The van der Waals surface area contributed by atoms with Crippen molar-refractivity contribution in [2.75, 3.05) is 7.05 Å². The van der Waals surface area contributed by atoms with Crippen molar-refractivity contribution < 1.29 is 10.2 Å². The Morgan fingerprint density at radius 1 is 0.583 bits per heavy atom. The molecular weight excluding hydrogens is 298 g/mol. The van der Waals surface area contributed by atoms with E-state index in [1.165, 1.54) is 96.3 Å². The number of hydrogen-bond donors (Lipinski definition) is 3. The molecule has 0 aliphatic rings. The predicted octanol–water partition coefficient (Wildman–Crippen LogP) is 5.54. The highest BCUT2D eigenvalue weighted by atomic mass is 16.5. The molecule has 0 aromatic heterocycles. The molecule has 0 fully saturated rings. The third-order valence-corrected chi connectivity index (χ3v) is 5.10. The first-order valence-electron chi connectivity index (χ1n) is 10.8. The summed E-state index contributed by atoms with van der Waals surface area (Å²) < 4.78 is 0. The van der Waals surface area contributed by atoms with Gasteiger partial charge in [-0.1, -0.05) is 110 Å². The van der Waals surface area contributed by atoms with Gasteiger partial charge in [-0.05, 0) is 13.5 Å². The molecule has 0 saturated heterocycles. The first kappa shape index (κ1) is 23.9. The Morgan fingerprint density at radius 2 is 0.917 bits per heavy atom. The molecule has 146 valence electrons. The second-order valence-corrected chi connectivity index (χ2v) is 7.40. The zero-order valence-corrected chi connectivity index (χ0v) is 16.6. The van der Waals surface area contributed by atoms with Gasteiger partial charge in [0.2, 0.25) is 0 Å². The predicted molar refractivity (Wildman–Crippen MR) is 105 cm³/mol. The number of aliphatic hydroxyl groups is 2. The molecule has 0 rings (SSSR count). The normalized spacial score (nSPS) is 12.9. The quantitative estimate of drug-likeness (QED) is 0.213. The molecule has 0 saturated carbocycles. The molecule has 24 heavy (non-hydrogen) atoms. The fraction of sp³-hybridized carbons (Fsp3) is 1.00. The van der Waals surface area contributed by atoms with Crippen LogP contribution in [0.5, 0.6) is 0 Å². The molecule has 0 radical (unpaired) electrons. The Balaban J connectivity index is 3.10. The van der Waals surface area contributed by atoms with Crippen LogP contribution < -0.4 is 5.32 Å². The van der Waals surface area contributed by atoms with Crippen LogP contribution in [0.25, 0.3) is 0 Å². The van der Waals surface area contributed by atoms with E-state index in [1.54, 1.807) is 7.05 Å². The van der Waals surface area contributed by atoms with Gasteiger partial charge in [0.15, 0.2) is 6.29 Å². The fourth-order valence-electron chi connectivity index (χ4n) is 3.35. The number of nitrogens with one attached hydrogen (secondary N) is 1. The van der Waals surface area contributed by atoms with Crippen LogP contribution in [0.4, 0.5) is 0 Å². The molecule has 3 N–H and O–H groups in total. The van der Waals surface area contributed by atoms with Gasteiger partial charge >= 0.3 is 0 Å². The van der Waals surface area contributed by atoms with Crippen LogP contribution in [-0.2, 0) is 0 Å². The summed E-state index contributed by atoms with van der Waals surface area (Å²) in [6.45, 7) is 2.28. The van der Waals surface area contributed by atoms with E-state index in [0.717, 1.165) is 12.8 Å². The van der Waals surface area contributed by atoms with Crippen LogP contribution in [0.3, 0.4) is 0 Å². The first-order chi connectivity index (χ1) is 11.7. The van der Waals surface area contributed by atoms with E-state index in [0.29, 0.717) is 0 Å². The minimum atomic E-state index is -1.23. The average Bonchev–Trinajstić information content (AvgIpc) is 2.57. The lowest BCUT2D eigenvalue weighted by atomic mass is 10.0. The molecule has 0 amide bonds. The molecule has 0 aliphatic heterocycles. The van der Waals surface area contributed by atoms with E-state index < -0.39 is 6.29 Å². The van der Waals surface area contributed by atoms with Gasteiger partial charge in [0, 0.05) is 0 Å². The smallest absolute Gasteiger partial charge is 0.167 e. The van der Waals surface area contributed by atoms with Gasteiger partial charge in [-0.2, -0.15) is 0 Å². The molecule has 0 bridgehead atoms. The number of rotatable bonds is 19. The summed E-state index contributed by atoms with van der Waals surface area (Å²) >= 11 is 0. The van der Waals surface area contributed by atoms with Gasteiger partial charge in [0.05, 0.1) is 6.04 Å². The van der Waals surface area contributed by atoms with E-state index in [4.69, 9.17) is 10.2 Å². The lowest BCUT2D eigenvalue weighted by molar-refractivity contribution is -0.0674. The summed E-state index contributed by atoms with van der Waals surface area (Å²) in [7, 11) is 1.79. The number of hydrogen-bond acceptors (Lipinski definition) is 3. The Labute approximate surface area is 151 Å². The molecule has 1 unspecified atom stereocenters. The fourth-order valence-corrected chi connectivity index (χ4v) is 3.35. The van der Waals surface area contributed by atoms with Gasteiger partial charge in [0.1, 0.15) is 0 Å². The monoisotopic (exact) mass is 343 g/mol. The van der Waals surface area contributed by atoms with E-state index in [2.05, 4.69) is 12.2 Å². The van der Waals surface area contributed by atoms with Crippen molar-refractivity contribution in [3.8, 4) is 0 Å². The van der Waals surface area contributed by atoms with Gasteiger partial charge in [0.25, 0.3) is 0 Å². The lowest BCUT2D eigenvalue weighted by Crippen LogP contribution is -2.37.